The lowest BCUT2D eigenvalue weighted by Gasteiger charge is -2.08. The molecule has 2 aromatic carbocycles. The molecule has 0 aliphatic carbocycles. The highest BCUT2D eigenvalue weighted by molar-refractivity contribution is 6.16. The molecule has 5 nitrogen and oxygen atoms in total. The molecule has 0 saturated heterocycles. The molecular weight excluding hydrogens is 276 g/mol. The van der Waals surface area contributed by atoms with Gasteiger partial charge in [-0.1, -0.05) is 24.3 Å². The van der Waals surface area contributed by atoms with Crippen molar-refractivity contribution < 1.29 is 4.74 Å². The summed E-state index contributed by atoms with van der Waals surface area (Å²) in [4.78, 5) is 0. The normalized spacial score (nSPS) is 10.4. The standard InChI is InChI=1S/C14H11ClN4O/c15-10-14-16-17-18-19(14)11-5-4-8-13(9-11)20-12-6-2-1-3-7-12/h1-9H,10H2. The van der Waals surface area contributed by atoms with E-state index >= 15 is 0 Å². The number of rotatable bonds is 4. The van der Waals surface area contributed by atoms with Crippen LogP contribution < -0.4 is 4.74 Å². The molecule has 0 spiro atoms. The maximum absolute atomic E-state index is 5.80. The second-order valence-corrected chi connectivity index (χ2v) is 4.32. The van der Waals surface area contributed by atoms with Gasteiger partial charge in [-0.2, -0.15) is 4.68 Å². The third-order valence-corrected chi connectivity index (χ3v) is 2.93. The maximum atomic E-state index is 5.80. The van der Waals surface area contributed by atoms with Crippen LogP contribution in [0.25, 0.3) is 5.69 Å². The van der Waals surface area contributed by atoms with Crippen LogP contribution in [0.2, 0.25) is 0 Å². The Bertz CT molecular complexity index is 699. The molecule has 100 valence electrons. The summed E-state index contributed by atoms with van der Waals surface area (Å²) in [6, 6.07) is 17.1. The molecule has 1 aromatic heterocycles. The van der Waals surface area contributed by atoms with Crippen LogP contribution in [-0.2, 0) is 5.88 Å². The number of halogens is 1. The quantitative estimate of drug-likeness (QED) is 0.691. The zero-order chi connectivity index (χ0) is 13.8. The molecule has 0 radical (unpaired) electrons. The van der Waals surface area contributed by atoms with Gasteiger partial charge in [0.25, 0.3) is 0 Å². The van der Waals surface area contributed by atoms with Crippen LogP contribution in [0.3, 0.4) is 0 Å². The van der Waals surface area contributed by atoms with Crippen LogP contribution >= 0.6 is 11.6 Å². The van der Waals surface area contributed by atoms with Crippen LogP contribution in [-0.4, -0.2) is 20.2 Å². The van der Waals surface area contributed by atoms with Gasteiger partial charge in [-0.15, -0.1) is 16.7 Å². The fourth-order valence-corrected chi connectivity index (χ4v) is 1.96. The summed E-state index contributed by atoms with van der Waals surface area (Å²) in [6.45, 7) is 0. The highest BCUT2D eigenvalue weighted by Crippen LogP contribution is 2.23. The zero-order valence-corrected chi connectivity index (χ0v) is 11.2. The number of ether oxygens (including phenoxy) is 1. The SMILES string of the molecule is ClCc1nnnn1-c1cccc(Oc2ccccc2)c1. The molecule has 0 aliphatic rings. The number of tetrazole rings is 1. The summed E-state index contributed by atoms with van der Waals surface area (Å²) in [7, 11) is 0. The van der Waals surface area contributed by atoms with Crippen LogP contribution in [0.15, 0.2) is 54.6 Å². The molecule has 0 bridgehead atoms. The molecule has 0 fully saturated rings. The summed E-state index contributed by atoms with van der Waals surface area (Å²) in [6.07, 6.45) is 0. The van der Waals surface area contributed by atoms with Gasteiger partial charge in [-0.05, 0) is 34.7 Å². The van der Waals surface area contributed by atoms with Crippen LogP contribution in [0, 0.1) is 0 Å². The van der Waals surface area contributed by atoms with Crippen molar-refractivity contribution in [3.05, 3.63) is 60.4 Å². The first-order valence-electron chi connectivity index (χ1n) is 6.03. The van der Waals surface area contributed by atoms with Gasteiger partial charge in [0, 0.05) is 6.07 Å². The van der Waals surface area contributed by atoms with Gasteiger partial charge < -0.3 is 4.74 Å². The number of para-hydroxylation sites is 1. The van der Waals surface area contributed by atoms with E-state index in [1.54, 1.807) is 4.68 Å². The lowest BCUT2D eigenvalue weighted by Crippen LogP contribution is -2.01. The van der Waals surface area contributed by atoms with Gasteiger partial charge in [-0.25, -0.2) is 0 Å². The Kier molecular flexibility index (Phi) is 3.60. The van der Waals surface area contributed by atoms with Crippen molar-refractivity contribution >= 4 is 11.6 Å². The topological polar surface area (TPSA) is 52.8 Å². The van der Waals surface area contributed by atoms with Crippen molar-refractivity contribution in [2.45, 2.75) is 5.88 Å². The molecule has 6 heteroatoms. The number of hydrogen-bond acceptors (Lipinski definition) is 4. The Labute approximate surface area is 120 Å². The third-order valence-electron chi connectivity index (χ3n) is 2.69. The molecule has 3 aromatic rings. The predicted molar refractivity (Wildman–Crippen MR) is 75.2 cm³/mol. The van der Waals surface area contributed by atoms with E-state index in [2.05, 4.69) is 15.5 Å². The molecule has 0 amide bonds. The van der Waals surface area contributed by atoms with E-state index in [0.717, 1.165) is 11.4 Å². The number of hydrogen-bond donors (Lipinski definition) is 0. The van der Waals surface area contributed by atoms with Gasteiger partial charge in [0.2, 0.25) is 0 Å². The number of benzene rings is 2. The van der Waals surface area contributed by atoms with Crippen LogP contribution in [0.4, 0.5) is 0 Å². The van der Waals surface area contributed by atoms with Crippen LogP contribution in [0.1, 0.15) is 5.82 Å². The molecule has 20 heavy (non-hydrogen) atoms. The van der Waals surface area contributed by atoms with E-state index in [4.69, 9.17) is 16.3 Å². The summed E-state index contributed by atoms with van der Waals surface area (Å²) in [5, 5.41) is 11.4. The smallest absolute Gasteiger partial charge is 0.171 e. The predicted octanol–water partition coefficient (Wildman–Crippen LogP) is 3.19. The lowest BCUT2D eigenvalue weighted by molar-refractivity contribution is 0.482. The average Bonchev–Trinajstić information content (AvgIpc) is 2.97. The van der Waals surface area contributed by atoms with Crippen molar-refractivity contribution in [1.82, 2.24) is 20.2 Å². The second-order valence-electron chi connectivity index (χ2n) is 4.05. The van der Waals surface area contributed by atoms with Gasteiger partial charge in [-0.3, -0.25) is 0 Å². The first-order valence-corrected chi connectivity index (χ1v) is 6.57. The Morgan fingerprint density at radius 3 is 2.60 bits per heavy atom. The Morgan fingerprint density at radius 2 is 1.80 bits per heavy atom. The number of aromatic nitrogens is 4. The van der Waals surface area contributed by atoms with Crippen molar-refractivity contribution in [2.75, 3.05) is 0 Å². The Morgan fingerprint density at radius 1 is 1.00 bits per heavy atom. The zero-order valence-electron chi connectivity index (χ0n) is 10.5. The first kappa shape index (κ1) is 12.6. The monoisotopic (exact) mass is 286 g/mol. The lowest BCUT2D eigenvalue weighted by atomic mass is 10.3. The third kappa shape index (κ3) is 2.62. The highest BCUT2D eigenvalue weighted by atomic mass is 35.5. The minimum Gasteiger partial charge on any atom is -0.457 e. The fourth-order valence-electron chi connectivity index (χ4n) is 1.79. The molecule has 0 aliphatic heterocycles. The molecular formula is C14H11ClN4O. The van der Waals surface area contributed by atoms with Gasteiger partial charge in [0.05, 0.1) is 11.6 Å². The minimum absolute atomic E-state index is 0.247. The van der Waals surface area contributed by atoms with E-state index in [1.165, 1.54) is 0 Å². The Hall–Kier alpha value is -2.40. The summed E-state index contributed by atoms with van der Waals surface area (Å²) in [5.74, 6) is 2.32. The Balaban J connectivity index is 1.90. The van der Waals surface area contributed by atoms with E-state index in [1.807, 2.05) is 54.6 Å². The number of alkyl halides is 1. The average molecular weight is 287 g/mol. The maximum Gasteiger partial charge on any atom is 0.171 e. The van der Waals surface area contributed by atoms with Crippen molar-refractivity contribution in [2.24, 2.45) is 0 Å². The molecule has 1 heterocycles. The van der Waals surface area contributed by atoms with E-state index in [-0.39, 0.29) is 5.88 Å². The van der Waals surface area contributed by atoms with Crippen molar-refractivity contribution in [1.29, 1.82) is 0 Å². The van der Waals surface area contributed by atoms with E-state index in [0.29, 0.717) is 11.6 Å². The fraction of sp³-hybridized carbons (Fsp3) is 0.0714. The molecule has 0 unspecified atom stereocenters. The first-order chi connectivity index (χ1) is 9.86. The molecule has 0 atom stereocenters. The molecule has 0 saturated carbocycles. The highest BCUT2D eigenvalue weighted by Gasteiger charge is 2.08. The summed E-state index contributed by atoms with van der Waals surface area (Å²) < 4.78 is 7.36. The summed E-state index contributed by atoms with van der Waals surface area (Å²) in [5.41, 5.74) is 0.805. The largest absolute Gasteiger partial charge is 0.457 e. The number of nitrogens with zero attached hydrogens (tertiary/aromatic N) is 4. The van der Waals surface area contributed by atoms with Crippen molar-refractivity contribution in [3.8, 4) is 17.2 Å². The van der Waals surface area contributed by atoms with Gasteiger partial charge >= 0.3 is 0 Å². The molecule has 0 N–H and O–H groups in total. The van der Waals surface area contributed by atoms with Crippen LogP contribution in [0.5, 0.6) is 11.5 Å². The second kappa shape index (κ2) is 5.71. The van der Waals surface area contributed by atoms with Gasteiger partial charge in [0.1, 0.15) is 11.5 Å². The summed E-state index contributed by atoms with van der Waals surface area (Å²) >= 11 is 5.80. The van der Waals surface area contributed by atoms with Gasteiger partial charge in [0.15, 0.2) is 5.82 Å². The molecule has 3 rings (SSSR count). The minimum atomic E-state index is 0.247. The van der Waals surface area contributed by atoms with E-state index < -0.39 is 0 Å². The van der Waals surface area contributed by atoms with Crippen molar-refractivity contribution in [3.63, 3.8) is 0 Å². The van der Waals surface area contributed by atoms with E-state index in [9.17, 15) is 0 Å².